The van der Waals surface area contributed by atoms with Gasteiger partial charge in [0.1, 0.15) is 5.84 Å². The summed E-state index contributed by atoms with van der Waals surface area (Å²) in [6, 6.07) is 4.90. The van der Waals surface area contributed by atoms with Crippen molar-refractivity contribution in [3.8, 4) is 0 Å². The molecule has 1 heterocycles. The monoisotopic (exact) mass is 275 g/mol. The molecule has 0 radical (unpaired) electrons. The maximum absolute atomic E-state index is 11.9. The molecule has 1 aliphatic heterocycles. The lowest BCUT2D eigenvalue weighted by molar-refractivity contribution is 0.521. The topological polar surface area (TPSA) is 75.8 Å². The van der Waals surface area contributed by atoms with E-state index in [-0.39, 0.29) is 17.3 Å². The Morgan fingerprint density at radius 1 is 1.35 bits per heavy atom. The van der Waals surface area contributed by atoms with Gasteiger partial charge < -0.3 is 5.73 Å². The molecule has 0 saturated carbocycles. The summed E-state index contributed by atoms with van der Waals surface area (Å²) < 4.78 is 24.9. The third-order valence-electron chi connectivity index (χ3n) is 2.47. The number of amidine groups is 1. The zero-order chi connectivity index (χ0) is 11.9. The Bertz CT molecular complexity index is 567. The third kappa shape index (κ3) is 2.43. The van der Waals surface area contributed by atoms with E-state index in [0.717, 1.165) is 5.56 Å². The third-order valence-corrected chi connectivity index (χ3v) is 4.28. The van der Waals surface area contributed by atoms with Crippen molar-refractivity contribution in [3.63, 3.8) is 0 Å². The highest BCUT2D eigenvalue weighted by atomic mass is 35.5. The zero-order valence-electron chi connectivity index (χ0n) is 9.54. The molecule has 1 aliphatic rings. The molecule has 2 N–H and O–H groups in total. The van der Waals surface area contributed by atoms with Crippen molar-refractivity contribution >= 4 is 34.0 Å². The van der Waals surface area contributed by atoms with Gasteiger partial charge in [-0.15, -0.1) is 12.4 Å². The van der Waals surface area contributed by atoms with E-state index in [1.807, 2.05) is 0 Å². The number of hydrogen-bond donors (Lipinski definition) is 1. The Hall–Kier alpha value is -1.11. The number of nitrogens with two attached hydrogens (primary N) is 1. The smallest absolute Gasteiger partial charge is 0.242 e. The summed E-state index contributed by atoms with van der Waals surface area (Å²) in [5.41, 5.74) is 7.22. The molecule has 0 spiro atoms. The average molecular weight is 276 g/mol. The minimum absolute atomic E-state index is 0. The molecule has 0 bridgehead atoms. The SMILES string of the molecule is CN(C)S(=O)(=O)c1ccc2c(c1)N=C(N)C2.Cl. The van der Waals surface area contributed by atoms with E-state index in [2.05, 4.69) is 4.99 Å². The second-order valence-corrected chi connectivity index (χ2v) is 6.01. The Morgan fingerprint density at radius 3 is 2.59 bits per heavy atom. The Morgan fingerprint density at radius 2 is 2.00 bits per heavy atom. The minimum Gasteiger partial charge on any atom is -0.387 e. The van der Waals surface area contributed by atoms with E-state index in [1.54, 1.807) is 18.2 Å². The molecule has 0 amide bonds. The fourth-order valence-corrected chi connectivity index (χ4v) is 2.48. The van der Waals surface area contributed by atoms with Crippen molar-refractivity contribution in [3.05, 3.63) is 23.8 Å². The summed E-state index contributed by atoms with van der Waals surface area (Å²) >= 11 is 0. The minimum atomic E-state index is -3.39. The number of hydrogen-bond acceptors (Lipinski definition) is 4. The van der Waals surface area contributed by atoms with Gasteiger partial charge >= 0.3 is 0 Å². The summed E-state index contributed by atoms with van der Waals surface area (Å²) in [6.07, 6.45) is 0.595. The lowest BCUT2D eigenvalue weighted by Gasteiger charge is -2.11. The molecule has 0 fully saturated rings. The van der Waals surface area contributed by atoms with Crippen LogP contribution in [0.2, 0.25) is 0 Å². The van der Waals surface area contributed by atoms with Crippen LogP contribution in [0.1, 0.15) is 5.56 Å². The second kappa shape index (κ2) is 4.64. The molecule has 94 valence electrons. The molecule has 2 rings (SSSR count). The first kappa shape index (κ1) is 14.0. The molecule has 1 aromatic carbocycles. The fraction of sp³-hybridized carbons (Fsp3) is 0.300. The predicted molar refractivity (Wildman–Crippen MR) is 69.5 cm³/mol. The molecule has 0 unspecified atom stereocenters. The predicted octanol–water partition coefficient (Wildman–Crippen LogP) is 0.904. The second-order valence-electron chi connectivity index (χ2n) is 3.86. The molecule has 7 heteroatoms. The quantitative estimate of drug-likeness (QED) is 0.871. The standard InChI is InChI=1S/C10H13N3O2S.ClH/c1-13(2)16(14,15)8-4-3-7-5-10(11)12-9(7)6-8;/h3-4,6H,5H2,1-2H3,(H2,11,12);1H. The summed E-state index contributed by atoms with van der Waals surface area (Å²) in [5, 5.41) is 0. The largest absolute Gasteiger partial charge is 0.387 e. The van der Waals surface area contributed by atoms with Crippen LogP contribution in [0.3, 0.4) is 0 Å². The van der Waals surface area contributed by atoms with Crippen LogP contribution in [0.5, 0.6) is 0 Å². The van der Waals surface area contributed by atoms with Crippen LogP contribution in [-0.4, -0.2) is 32.7 Å². The lowest BCUT2D eigenvalue weighted by atomic mass is 10.1. The van der Waals surface area contributed by atoms with Crippen molar-refractivity contribution < 1.29 is 8.42 Å². The van der Waals surface area contributed by atoms with E-state index in [4.69, 9.17) is 5.73 Å². The van der Waals surface area contributed by atoms with Crippen molar-refractivity contribution in [1.29, 1.82) is 0 Å². The summed E-state index contributed by atoms with van der Waals surface area (Å²) in [5.74, 6) is 0.523. The number of halogens is 1. The number of rotatable bonds is 2. The first-order valence-electron chi connectivity index (χ1n) is 4.80. The van der Waals surface area contributed by atoms with Crippen LogP contribution in [0.25, 0.3) is 0 Å². The van der Waals surface area contributed by atoms with E-state index < -0.39 is 10.0 Å². The highest BCUT2D eigenvalue weighted by molar-refractivity contribution is 7.89. The van der Waals surface area contributed by atoms with Gasteiger partial charge in [-0.05, 0) is 17.7 Å². The summed E-state index contributed by atoms with van der Waals surface area (Å²) in [4.78, 5) is 4.34. The van der Waals surface area contributed by atoms with Gasteiger partial charge in [-0.2, -0.15) is 0 Å². The Kier molecular flexibility index (Phi) is 3.81. The molecule has 5 nitrogen and oxygen atoms in total. The van der Waals surface area contributed by atoms with Crippen LogP contribution in [0, 0.1) is 0 Å². The maximum atomic E-state index is 11.9. The molecular formula is C10H14ClN3O2S. The van der Waals surface area contributed by atoms with Crippen LogP contribution in [0.4, 0.5) is 5.69 Å². The van der Waals surface area contributed by atoms with Gasteiger partial charge in [0.05, 0.1) is 10.6 Å². The molecule has 17 heavy (non-hydrogen) atoms. The number of benzene rings is 1. The summed E-state index contributed by atoms with van der Waals surface area (Å²) in [7, 11) is -0.392. The normalized spacial score (nSPS) is 14.2. The number of aliphatic imine (C=N–C) groups is 1. The zero-order valence-corrected chi connectivity index (χ0v) is 11.2. The Labute approximate surface area is 107 Å². The number of nitrogens with zero attached hydrogens (tertiary/aromatic N) is 2. The lowest BCUT2D eigenvalue weighted by Crippen LogP contribution is -2.22. The van der Waals surface area contributed by atoms with Gasteiger partial charge in [0, 0.05) is 20.5 Å². The van der Waals surface area contributed by atoms with Crippen molar-refractivity contribution in [2.24, 2.45) is 10.7 Å². The van der Waals surface area contributed by atoms with Crippen LogP contribution >= 0.6 is 12.4 Å². The van der Waals surface area contributed by atoms with Gasteiger partial charge in [0.15, 0.2) is 0 Å². The first-order valence-corrected chi connectivity index (χ1v) is 6.24. The summed E-state index contributed by atoms with van der Waals surface area (Å²) in [6.45, 7) is 0. The van der Waals surface area contributed by atoms with E-state index in [0.29, 0.717) is 17.9 Å². The molecule has 0 atom stereocenters. The van der Waals surface area contributed by atoms with Crippen LogP contribution in [0.15, 0.2) is 28.1 Å². The molecule has 1 aromatic rings. The number of fused-ring (bicyclic) bond motifs is 1. The van der Waals surface area contributed by atoms with E-state index >= 15 is 0 Å². The molecule has 0 saturated heterocycles. The van der Waals surface area contributed by atoms with Crippen molar-refractivity contribution in [1.82, 2.24) is 4.31 Å². The van der Waals surface area contributed by atoms with Crippen molar-refractivity contribution in [2.75, 3.05) is 14.1 Å². The van der Waals surface area contributed by atoms with Crippen LogP contribution in [-0.2, 0) is 16.4 Å². The van der Waals surface area contributed by atoms with Gasteiger partial charge in [-0.1, -0.05) is 6.07 Å². The highest BCUT2D eigenvalue weighted by Crippen LogP contribution is 2.28. The van der Waals surface area contributed by atoms with Crippen molar-refractivity contribution in [2.45, 2.75) is 11.3 Å². The first-order chi connectivity index (χ1) is 7.41. The Balaban J connectivity index is 0.00000144. The molecular weight excluding hydrogens is 262 g/mol. The molecule has 0 aromatic heterocycles. The van der Waals surface area contributed by atoms with E-state index in [1.165, 1.54) is 18.4 Å². The average Bonchev–Trinajstić information content (AvgIpc) is 2.56. The van der Waals surface area contributed by atoms with Gasteiger partial charge in [-0.25, -0.2) is 17.7 Å². The molecule has 0 aliphatic carbocycles. The van der Waals surface area contributed by atoms with Gasteiger partial charge in [0.25, 0.3) is 0 Å². The van der Waals surface area contributed by atoms with Gasteiger partial charge in [-0.3, -0.25) is 0 Å². The van der Waals surface area contributed by atoms with Crippen LogP contribution < -0.4 is 5.73 Å². The van der Waals surface area contributed by atoms with E-state index in [9.17, 15) is 8.42 Å². The highest BCUT2D eigenvalue weighted by Gasteiger charge is 2.20. The van der Waals surface area contributed by atoms with Gasteiger partial charge in [0.2, 0.25) is 10.0 Å². The number of sulfonamides is 1. The fourth-order valence-electron chi connectivity index (χ4n) is 1.56. The maximum Gasteiger partial charge on any atom is 0.242 e.